The fourth-order valence-electron chi connectivity index (χ4n) is 1.98. The summed E-state index contributed by atoms with van der Waals surface area (Å²) in [5.41, 5.74) is 1.66. The summed E-state index contributed by atoms with van der Waals surface area (Å²) in [6.45, 7) is 11.8. The van der Waals surface area contributed by atoms with E-state index in [4.69, 9.17) is 0 Å². The van der Waals surface area contributed by atoms with Crippen molar-refractivity contribution in [3.8, 4) is 0 Å². The molecule has 5 heteroatoms. The second-order valence-corrected chi connectivity index (χ2v) is 6.55. The number of aliphatic imine (C=N–C) groups is 1. The Labute approximate surface area is 133 Å². The van der Waals surface area contributed by atoms with Gasteiger partial charge in [-0.05, 0) is 51.8 Å². The summed E-state index contributed by atoms with van der Waals surface area (Å²) in [7, 11) is 1.73. The van der Waals surface area contributed by atoms with E-state index < -0.39 is 0 Å². The van der Waals surface area contributed by atoms with Crippen LogP contribution in [0.2, 0.25) is 0 Å². The number of halogens is 1. The van der Waals surface area contributed by atoms with Crippen LogP contribution in [0.1, 0.15) is 44.9 Å². The number of nitrogens with zero attached hydrogens (tertiary/aromatic N) is 1. The first-order chi connectivity index (χ1) is 10.2. The van der Waals surface area contributed by atoms with Crippen molar-refractivity contribution >= 4 is 5.96 Å². The Morgan fingerprint density at radius 1 is 1.27 bits per heavy atom. The van der Waals surface area contributed by atoms with Gasteiger partial charge in [-0.3, -0.25) is 4.99 Å². The molecule has 4 nitrogen and oxygen atoms in total. The van der Waals surface area contributed by atoms with Gasteiger partial charge in [-0.1, -0.05) is 12.1 Å². The molecule has 0 aliphatic rings. The van der Waals surface area contributed by atoms with Crippen molar-refractivity contribution in [3.05, 3.63) is 35.1 Å². The van der Waals surface area contributed by atoms with Gasteiger partial charge < -0.3 is 16.0 Å². The molecule has 1 atom stereocenters. The maximum Gasteiger partial charge on any atom is 0.191 e. The minimum absolute atomic E-state index is 0.0168. The maximum absolute atomic E-state index is 13.6. The van der Waals surface area contributed by atoms with E-state index in [1.165, 1.54) is 0 Å². The van der Waals surface area contributed by atoms with E-state index in [0.29, 0.717) is 11.5 Å². The Bertz CT molecular complexity index is 506. The summed E-state index contributed by atoms with van der Waals surface area (Å²) in [6.07, 6.45) is 0. The molecular weight excluding hydrogens is 279 g/mol. The van der Waals surface area contributed by atoms with Crippen LogP contribution in [0.3, 0.4) is 0 Å². The van der Waals surface area contributed by atoms with Gasteiger partial charge in [0.15, 0.2) is 5.96 Å². The molecule has 1 aromatic rings. The van der Waals surface area contributed by atoms with Gasteiger partial charge >= 0.3 is 0 Å². The van der Waals surface area contributed by atoms with Crippen molar-refractivity contribution in [1.82, 2.24) is 16.0 Å². The van der Waals surface area contributed by atoms with Crippen LogP contribution in [0, 0.1) is 12.7 Å². The average molecular weight is 308 g/mol. The molecule has 0 amide bonds. The van der Waals surface area contributed by atoms with Crippen LogP contribution in [0.5, 0.6) is 0 Å². The van der Waals surface area contributed by atoms with Gasteiger partial charge in [0.25, 0.3) is 0 Å². The highest BCUT2D eigenvalue weighted by Crippen LogP contribution is 2.16. The van der Waals surface area contributed by atoms with E-state index in [9.17, 15) is 4.39 Å². The first kappa shape index (κ1) is 18.4. The summed E-state index contributed by atoms with van der Waals surface area (Å²) in [5, 5.41) is 9.93. The van der Waals surface area contributed by atoms with Crippen molar-refractivity contribution in [2.24, 2.45) is 4.99 Å². The first-order valence-corrected chi connectivity index (χ1v) is 7.71. The van der Waals surface area contributed by atoms with Gasteiger partial charge in [0.1, 0.15) is 5.82 Å². The molecule has 0 radical (unpaired) electrons. The number of hydrogen-bond acceptors (Lipinski definition) is 2. The second-order valence-electron chi connectivity index (χ2n) is 6.55. The number of nitrogens with one attached hydrogen (secondary N) is 3. The Hall–Kier alpha value is -1.62. The SMILES string of the molecule is CN=C(NCCNC(C)(C)C)NC(C)c1ccc(C)c(F)c1. The molecule has 0 bridgehead atoms. The van der Waals surface area contributed by atoms with Crippen LogP contribution >= 0.6 is 0 Å². The Kier molecular flexibility index (Phi) is 6.81. The summed E-state index contributed by atoms with van der Waals surface area (Å²) < 4.78 is 13.6. The third-order valence-corrected chi connectivity index (χ3v) is 3.35. The number of guanidine groups is 1. The third-order valence-electron chi connectivity index (χ3n) is 3.35. The Morgan fingerprint density at radius 2 is 1.95 bits per heavy atom. The van der Waals surface area contributed by atoms with Crippen molar-refractivity contribution in [1.29, 1.82) is 0 Å². The molecule has 22 heavy (non-hydrogen) atoms. The monoisotopic (exact) mass is 308 g/mol. The fourth-order valence-corrected chi connectivity index (χ4v) is 1.98. The lowest BCUT2D eigenvalue weighted by atomic mass is 10.1. The van der Waals surface area contributed by atoms with Gasteiger partial charge in [0.05, 0.1) is 6.04 Å². The Balaban J connectivity index is 2.50. The van der Waals surface area contributed by atoms with Crippen LogP contribution in [-0.2, 0) is 0 Å². The zero-order valence-corrected chi connectivity index (χ0v) is 14.5. The molecule has 1 rings (SSSR count). The predicted molar refractivity (Wildman–Crippen MR) is 91.8 cm³/mol. The molecule has 0 heterocycles. The maximum atomic E-state index is 13.6. The van der Waals surface area contributed by atoms with E-state index in [2.05, 4.69) is 41.7 Å². The molecule has 124 valence electrons. The topological polar surface area (TPSA) is 48.5 Å². The summed E-state index contributed by atoms with van der Waals surface area (Å²) in [5.74, 6) is 0.535. The minimum Gasteiger partial charge on any atom is -0.355 e. The number of benzene rings is 1. The van der Waals surface area contributed by atoms with Crippen molar-refractivity contribution < 1.29 is 4.39 Å². The number of aryl methyl sites for hydroxylation is 1. The summed E-state index contributed by atoms with van der Waals surface area (Å²) in [4.78, 5) is 4.20. The lowest BCUT2D eigenvalue weighted by molar-refractivity contribution is 0.428. The zero-order valence-electron chi connectivity index (χ0n) is 14.5. The molecule has 0 aliphatic carbocycles. The van der Waals surface area contributed by atoms with Crippen LogP contribution in [0.15, 0.2) is 23.2 Å². The smallest absolute Gasteiger partial charge is 0.191 e. The zero-order chi connectivity index (χ0) is 16.8. The average Bonchev–Trinajstić information content (AvgIpc) is 2.43. The van der Waals surface area contributed by atoms with Crippen LogP contribution in [-0.4, -0.2) is 31.6 Å². The highest BCUT2D eigenvalue weighted by molar-refractivity contribution is 5.80. The van der Waals surface area contributed by atoms with Crippen molar-refractivity contribution in [2.75, 3.05) is 20.1 Å². The highest BCUT2D eigenvalue weighted by Gasteiger charge is 2.10. The summed E-state index contributed by atoms with van der Waals surface area (Å²) >= 11 is 0. The molecule has 3 N–H and O–H groups in total. The lowest BCUT2D eigenvalue weighted by Gasteiger charge is -2.22. The van der Waals surface area contributed by atoms with Gasteiger partial charge in [-0.15, -0.1) is 0 Å². The molecule has 0 spiro atoms. The van der Waals surface area contributed by atoms with Gasteiger partial charge in [0.2, 0.25) is 0 Å². The molecule has 0 fully saturated rings. The molecular formula is C17H29FN4. The van der Waals surface area contributed by atoms with Crippen molar-refractivity contribution in [3.63, 3.8) is 0 Å². The first-order valence-electron chi connectivity index (χ1n) is 7.71. The largest absolute Gasteiger partial charge is 0.355 e. The molecule has 0 saturated heterocycles. The second kappa shape index (κ2) is 8.13. The van der Waals surface area contributed by atoms with Crippen LogP contribution in [0.25, 0.3) is 0 Å². The molecule has 0 aliphatic heterocycles. The highest BCUT2D eigenvalue weighted by atomic mass is 19.1. The van der Waals surface area contributed by atoms with Crippen LogP contribution in [0.4, 0.5) is 4.39 Å². The van der Waals surface area contributed by atoms with Gasteiger partial charge in [-0.2, -0.15) is 0 Å². The molecule has 1 aromatic carbocycles. The predicted octanol–water partition coefficient (Wildman–Crippen LogP) is 2.75. The van der Waals surface area contributed by atoms with E-state index in [0.717, 1.165) is 18.7 Å². The van der Waals surface area contributed by atoms with Gasteiger partial charge in [-0.25, -0.2) is 4.39 Å². The molecule has 0 saturated carbocycles. The minimum atomic E-state index is -0.177. The van der Waals surface area contributed by atoms with E-state index >= 15 is 0 Å². The summed E-state index contributed by atoms with van der Waals surface area (Å²) in [6, 6.07) is 5.29. The van der Waals surface area contributed by atoms with Crippen LogP contribution < -0.4 is 16.0 Å². The van der Waals surface area contributed by atoms with E-state index in [-0.39, 0.29) is 17.4 Å². The third kappa shape index (κ3) is 6.43. The quantitative estimate of drug-likeness (QED) is 0.445. The van der Waals surface area contributed by atoms with Crippen molar-refractivity contribution in [2.45, 2.75) is 46.2 Å². The number of rotatable bonds is 5. The fraction of sp³-hybridized carbons (Fsp3) is 0.588. The number of hydrogen-bond donors (Lipinski definition) is 3. The Morgan fingerprint density at radius 3 is 2.50 bits per heavy atom. The standard InChI is InChI=1S/C17H29FN4/c1-12-7-8-14(11-15(12)18)13(2)22-16(19-6)20-9-10-21-17(3,4)5/h7-8,11,13,21H,9-10H2,1-6H3,(H2,19,20,22). The molecule has 1 unspecified atom stereocenters. The van der Waals surface area contributed by atoms with E-state index in [1.54, 1.807) is 26.1 Å². The van der Waals surface area contributed by atoms with Gasteiger partial charge in [0, 0.05) is 25.7 Å². The van der Waals surface area contributed by atoms with E-state index in [1.807, 2.05) is 13.0 Å². The molecule has 0 aromatic heterocycles. The normalized spacial score (nSPS) is 13.9. The lowest BCUT2D eigenvalue weighted by Crippen LogP contribution is -2.45.